The maximum absolute atomic E-state index is 11.4. The number of unbranched alkanes of at least 4 members (excludes halogenated alkanes) is 1. The molecule has 0 aliphatic heterocycles. The summed E-state index contributed by atoms with van der Waals surface area (Å²) in [5, 5.41) is -0.230. The van der Waals surface area contributed by atoms with Crippen molar-refractivity contribution in [1.82, 2.24) is 0 Å². The third kappa shape index (κ3) is 7.98. The summed E-state index contributed by atoms with van der Waals surface area (Å²) < 4.78 is 26.6. The Balaban J connectivity index is 4.06. The van der Waals surface area contributed by atoms with Gasteiger partial charge in [0, 0.05) is 12.0 Å². The molecule has 0 aliphatic carbocycles. The van der Waals surface area contributed by atoms with Crippen molar-refractivity contribution in [3.8, 4) is 0 Å². The number of hydrogen-bond acceptors (Lipinski definition) is 5. The van der Waals surface area contributed by atoms with Gasteiger partial charge in [-0.05, 0) is 6.42 Å². The molecule has 0 aliphatic rings. The summed E-state index contributed by atoms with van der Waals surface area (Å²) in [5.41, 5.74) is 0. The van der Waals surface area contributed by atoms with E-state index in [1.54, 1.807) is 0 Å². The van der Waals surface area contributed by atoms with Crippen molar-refractivity contribution < 1.29 is 17.9 Å². The minimum Gasteiger partial charge on any atom is -0.468 e. The quantitative estimate of drug-likeness (QED) is 0.624. The number of thioether (sulfide) groups is 1. The van der Waals surface area contributed by atoms with Crippen molar-refractivity contribution in [2.24, 2.45) is 0 Å². The highest BCUT2D eigenvalue weighted by Gasteiger charge is 2.19. The maximum atomic E-state index is 11.4. The van der Waals surface area contributed by atoms with Gasteiger partial charge in [-0.15, -0.1) is 11.8 Å². The van der Waals surface area contributed by atoms with Gasteiger partial charge in [-0.25, -0.2) is 8.42 Å². The fourth-order valence-electron chi connectivity index (χ4n) is 1.13. The second-order valence-electron chi connectivity index (χ2n) is 3.65. The van der Waals surface area contributed by atoms with Gasteiger partial charge in [-0.2, -0.15) is 0 Å². The van der Waals surface area contributed by atoms with Gasteiger partial charge < -0.3 is 4.74 Å². The third-order valence-corrected chi connectivity index (χ3v) is 4.53. The number of hydrogen-bond donors (Lipinski definition) is 0. The van der Waals surface area contributed by atoms with Gasteiger partial charge in [0.05, 0.1) is 12.9 Å². The van der Waals surface area contributed by atoms with Crippen molar-refractivity contribution in [1.29, 1.82) is 0 Å². The highest BCUT2D eigenvalue weighted by molar-refractivity contribution is 8.01. The Morgan fingerprint density at radius 3 is 2.50 bits per heavy atom. The maximum Gasteiger partial charge on any atom is 0.318 e. The highest BCUT2D eigenvalue weighted by Crippen LogP contribution is 2.19. The molecule has 0 heterocycles. The smallest absolute Gasteiger partial charge is 0.318 e. The Bertz CT molecular complexity index is 298. The molecule has 96 valence electrons. The van der Waals surface area contributed by atoms with Crippen LogP contribution in [0, 0.1) is 0 Å². The molecule has 16 heavy (non-hydrogen) atoms. The lowest BCUT2D eigenvalue weighted by Gasteiger charge is -2.13. The second-order valence-corrected chi connectivity index (χ2v) is 7.23. The van der Waals surface area contributed by atoms with Crippen LogP contribution in [0.5, 0.6) is 0 Å². The lowest BCUT2D eigenvalue weighted by Crippen LogP contribution is -2.20. The SMILES string of the molecule is CCCCC(SCCS(C)(=O)=O)C(=O)OC. The summed E-state index contributed by atoms with van der Waals surface area (Å²) >= 11 is 1.37. The first-order valence-corrected chi connectivity index (χ1v) is 8.38. The molecule has 0 rings (SSSR count). The molecule has 0 spiro atoms. The Morgan fingerprint density at radius 2 is 2.06 bits per heavy atom. The predicted molar refractivity (Wildman–Crippen MR) is 67.5 cm³/mol. The van der Waals surface area contributed by atoms with Gasteiger partial charge in [0.25, 0.3) is 0 Å². The fraction of sp³-hybridized carbons (Fsp3) is 0.900. The highest BCUT2D eigenvalue weighted by atomic mass is 32.2. The first kappa shape index (κ1) is 15.8. The van der Waals surface area contributed by atoms with Crippen LogP contribution in [-0.2, 0) is 19.4 Å². The fourth-order valence-corrected chi connectivity index (χ4v) is 3.58. The van der Waals surface area contributed by atoms with Crippen LogP contribution in [0.1, 0.15) is 26.2 Å². The molecule has 0 bridgehead atoms. The van der Waals surface area contributed by atoms with E-state index < -0.39 is 9.84 Å². The molecular weight excluding hydrogens is 248 g/mol. The summed E-state index contributed by atoms with van der Waals surface area (Å²) in [6.45, 7) is 2.05. The van der Waals surface area contributed by atoms with Crippen LogP contribution in [0.4, 0.5) is 0 Å². The minimum atomic E-state index is -2.95. The van der Waals surface area contributed by atoms with Crippen molar-refractivity contribution in [2.75, 3.05) is 24.9 Å². The van der Waals surface area contributed by atoms with E-state index in [1.807, 2.05) is 0 Å². The zero-order chi connectivity index (χ0) is 12.6. The third-order valence-electron chi connectivity index (χ3n) is 2.06. The monoisotopic (exact) mass is 268 g/mol. The summed E-state index contributed by atoms with van der Waals surface area (Å²) in [4.78, 5) is 11.4. The summed E-state index contributed by atoms with van der Waals surface area (Å²) in [7, 11) is -1.59. The molecule has 0 radical (unpaired) electrons. The van der Waals surface area contributed by atoms with E-state index in [4.69, 9.17) is 0 Å². The van der Waals surface area contributed by atoms with Crippen molar-refractivity contribution >= 4 is 27.6 Å². The van der Waals surface area contributed by atoms with Crippen molar-refractivity contribution in [2.45, 2.75) is 31.4 Å². The molecule has 1 unspecified atom stereocenters. The Morgan fingerprint density at radius 1 is 1.44 bits per heavy atom. The van der Waals surface area contributed by atoms with E-state index in [-0.39, 0.29) is 17.0 Å². The Kier molecular flexibility index (Phi) is 7.83. The Labute approximate surface area is 102 Å². The molecule has 0 aromatic heterocycles. The molecule has 0 saturated carbocycles. The second kappa shape index (κ2) is 7.95. The van der Waals surface area contributed by atoms with E-state index in [9.17, 15) is 13.2 Å². The molecule has 6 heteroatoms. The van der Waals surface area contributed by atoms with Crippen molar-refractivity contribution in [3.05, 3.63) is 0 Å². The van der Waals surface area contributed by atoms with Crippen molar-refractivity contribution in [3.63, 3.8) is 0 Å². The van der Waals surface area contributed by atoms with Gasteiger partial charge in [0.15, 0.2) is 0 Å². The number of carbonyl (C=O) groups excluding carboxylic acids is 1. The summed E-state index contributed by atoms with van der Waals surface area (Å²) in [6.07, 6.45) is 3.91. The molecule has 0 fully saturated rings. The topological polar surface area (TPSA) is 60.4 Å². The summed E-state index contributed by atoms with van der Waals surface area (Å²) in [6, 6.07) is 0. The number of methoxy groups -OCH3 is 1. The molecule has 0 aromatic rings. The van der Waals surface area contributed by atoms with Crippen LogP contribution in [0.15, 0.2) is 0 Å². The van der Waals surface area contributed by atoms with E-state index in [0.29, 0.717) is 5.75 Å². The van der Waals surface area contributed by atoms with E-state index >= 15 is 0 Å². The number of sulfone groups is 1. The minimum absolute atomic E-state index is 0.108. The van der Waals surface area contributed by atoms with Crippen LogP contribution in [0.25, 0.3) is 0 Å². The molecule has 0 N–H and O–H groups in total. The van der Waals surface area contributed by atoms with E-state index in [2.05, 4.69) is 11.7 Å². The average Bonchev–Trinajstić information content (AvgIpc) is 2.20. The van der Waals surface area contributed by atoms with Gasteiger partial charge in [-0.1, -0.05) is 19.8 Å². The van der Waals surface area contributed by atoms with Crippen LogP contribution >= 0.6 is 11.8 Å². The molecule has 0 aromatic carbocycles. The lowest BCUT2D eigenvalue weighted by molar-refractivity contribution is -0.140. The van der Waals surface area contributed by atoms with Crippen LogP contribution in [0.2, 0.25) is 0 Å². The molecule has 1 atom stereocenters. The normalized spacial score (nSPS) is 13.4. The number of esters is 1. The zero-order valence-electron chi connectivity index (χ0n) is 10.1. The lowest BCUT2D eigenvalue weighted by atomic mass is 10.2. The number of carbonyl (C=O) groups is 1. The molecule has 0 saturated heterocycles. The molecule has 4 nitrogen and oxygen atoms in total. The first-order valence-electron chi connectivity index (χ1n) is 5.28. The average molecular weight is 268 g/mol. The number of rotatable bonds is 8. The predicted octanol–water partition coefficient (Wildman–Crippen LogP) is 1.50. The standard InChI is InChI=1S/C10H20O4S2/c1-4-5-6-9(10(11)14-2)15-7-8-16(3,12)13/h9H,4-8H2,1-3H3. The van der Waals surface area contributed by atoms with E-state index in [0.717, 1.165) is 19.3 Å². The number of ether oxygens (including phenoxy) is 1. The molecular formula is C10H20O4S2. The van der Waals surface area contributed by atoms with E-state index in [1.165, 1.54) is 25.1 Å². The van der Waals surface area contributed by atoms with Gasteiger partial charge in [0.1, 0.15) is 15.1 Å². The molecule has 0 amide bonds. The first-order chi connectivity index (χ1) is 7.40. The van der Waals surface area contributed by atoms with Gasteiger partial charge in [-0.3, -0.25) is 4.79 Å². The van der Waals surface area contributed by atoms with Gasteiger partial charge in [0.2, 0.25) is 0 Å². The largest absolute Gasteiger partial charge is 0.468 e. The van der Waals surface area contributed by atoms with Crippen LogP contribution in [-0.4, -0.2) is 44.5 Å². The zero-order valence-corrected chi connectivity index (χ0v) is 11.7. The van der Waals surface area contributed by atoms with Gasteiger partial charge >= 0.3 is 5.97 Å². The van der Waals surface area contributed by atoms with Crippen LogP contribution < -0.4 is 0 Å². The summed E-state index contributed by atoms with van der Waals surface area (Å²) in [5.74, 6) is 0.298. The van der Waals surface area contributed by atoms with Crippen LogP contribution in [0.3, 0.4) is 0 Å². The Hall–Kier alpha value is -0.230.